The molecule has 5 nitrogen and oxygen atoms in total. The van der Waals surface area contributed by atoms with E-state index in [0.29, 0.717) is 18.3 Å². The van der Waals surface area contributed by atoms with E-state index < -0.39 is 10.0 Å². The molecule has 0 radical (unpaired) electrons. The molecule has 2 aliphatic rings. The van der Waals surface area contributed by atoms with Gasteiger partial charge in [-0.25, -0.2) is 8.42 Å². The lowest BCUT2D eigenvalue weighted by Gasteiger charge is -2.29. The molecule has 0 spiro atoms. The van der Waals surface area contributed by atoms with Crippen molar-refractivity contribution in [3.05, 3.63) is 0 Å². The first-order valence-electron chi connectivity index (χ1n) is 7.90. The summed E-state index contributed by atoms with van der Waals surface area (Å²) in [6, 6.07) is 0.482. The van der Waals surface area contributed by atoms with Crippen molar-refractivity contribution in [2.45, 2.75) is 51.1 Å². The molecular weight excluding hydrogens is 274 g/mol. The molecule has 2 unspecified atom stereocenters. The Balaban J connectivity index is 1.90. The Morgan fingerprint density at radius 2 is 2.00 bits per heavy atom. The average molecular weight is 303 g/mol. The fourth-order valence-corrected chi connectivity index (χ4v) is 5.18. The van der Waals surface area contributed by atoms with Gasteiger partial charge >= 0.3 is 0 Å². The largest absolute Gasteiger partial charge is 0.314 e. The van der Waals surface area contributed by atoms with Crippen LogP contribution in [0.4, 0.5) is 0 Å². The van der Waals surface area contributed by atoms with Gasteiger partial charge in [0.2, 0.25) is 10.0 Å². The fourth-order valence-electron chi connectivity index (χ4n) is 3.34. The molecule has 2 fully saturated rings. The molecule has 2 heterocycles. The third-order valence-corrected chi connectivity index (χ3v) is 6.49. The number of likely N-dealkylation sites (N-methyl/N-ethyl adjacent to an activating group) is 1. The minimum absolute atomic E-state index is 0.0896. The highest BCUT2D eigenvalue weighted by atomic mass is 32.2. The lowest BCUT2D eigenvalue weighted by atomic mass is 10.0. The molecule has 6 heteroatoms. The predicted molar refractivity (Wildman–Crippen MR) is 82.3 cm³/mol. The number of sulfonamides is 1. The van der Waals surface area contributed by atoms with E-state index in [4.69, 9.17) is 0 Å². The van der Waals surface area contributed by atoms with Gasteiger partial charge in [0.1, 0.15) is 0 Å². The van der Waals surface area contributed by atoms with Crippen LogP contribution in [0.1, 0.15) is 39.0 Å². The van der Waals surface area contributed by atoms with Gasteiger partial charge in [-0.05, 0) is 52.7 Å². The maximum Gasteiger partial charge on any atom is 0.214 e. The van der Waals surface area contributed by atoms with Gasteiger partial charge in [-0.1, -0.05) is 6.42 Å². The van der Waals surface area contributed by atoms with Gasteiger partial charge < -0.3 is 10.2 Å². The van der Waals surface area contributed by atoms with Gasteiger partial charge in [0, 0.05) is 25.2 Å². The van der Waals surface area contributed by atoms with Crippen LogP contribution in [0.25, 0.3) is 0 Å². The highest BCUT2D eigenvalue weighted by molar-refractivity contribution is 7.89. The second kappa shape index (κ2) is 7.20. The van der Waals surface area contributed by atoms with Crippen molar-refractivity contribution in [3.63, 3.8) is 0 Å². The zero-order valence-corrected chi connectivity index (χ0v) is 13.7. The highest BCUT2D eigenvalue weighted by Gasteiger charge is 2.30. The molecule has 0 bridgehead atoms. The SMILES string of the molecule is CC1CN(C)CCCN1S(=O)(=O)CCC1CCCCN1. The van der Waals surface area contributed by atoms with Crippen molar-refractivity contribution < 1.29 is 8.42 Å². The number of rotatable bonds is 4. The van der Waals surface area contributed by atoms with Crippen molar-refractivity contribution >= 4 is 10.0 Å². The summed E-state index contributed by atoms with van der Waals surface area (Å²) >= 11 is 0. The minimum atomic E-state index is -3.11. The molecule has 2 saturated heterocycles. The Hall–Kier alpha value is -0.170. The van der Waals surface area contributed by atoms with E-state index >= 15 is 0 Å². The van der Waals surface area contributed by atoms with Gasteiger partial charge in [0.25, 0.3) is 0 Å². The normalized spacial score (nSPS) is 31.1. The first kappa shape index (κ1) is 16.2. The van der Waals surface area contributed by atoms with Gasteiger partial charge in [-0.15, -0.1) is 0 Å². The maximum atomic E-state index is 12.6. The third-order valence-electron chi connectivity index (χ3n) is 4.48. The topological polar surface area (TPSA) is 52.7 Å². The van der Waals surface area contributed by atoms with E-state index in [1.54, 1.807) is 4.31 Å². The highest BCUT2D eigenvalue weighted by Crippen LogP contribution is 2.17. The Labute approximate surface area is 123 Å². The van der Waals surface area contributed by atoms with Crippen molar-refractivity contribution in [2.24, 2.45) is 0 Å². The number of hydrogen-bond acceptors (Lipinski definition) is 4. The van der Waals surface area contributed by atoms with Crippen LogP contribution in [0.15, 0.2) is 0 Å². The van der Waals surface area contributed by atoms with E-state index in [2.05, 4.69) is 17.3 Å². The van der Waals surface area contributed by atoms with Gasteiger partial charge in [0.15, 0.2) is 0 Å². The van der Waals surface area contributed by atoms with Crippen molar-refractivity contribution in [1.29, 1.82) is 0 Å². The summed E-state index contributed by atoms with van der Waals surface area (Å²) in [5, 5.41) is 3.43. The van der Waals surface area contributed by atoms with E-state index in [1.807, 2.05) is 6.92 Å². The second-order valence-corrected chi connectivity index (χ2v) is 8.37. The number of piperidine rings is 1. The van der Waals surface area contributed by atoms with Crippen molar-refractivity contribution in [2.75, 3.05) is 39.0 Å². The van der Waals surface area contributed by atoms with Crippen LogP contribution >= 0.6 is 0 Å². The standard InChI is InChI=1S/C14H29N3O2S/c1-13-12-16(2)9-5-10-17(13)20(18,19)11-7-14-6-3-4-8-15-14/h13-15H,3-12H2,1-2H3. The van der Waals surface area contributed by atoms with Crippen molar-refractivity contribution in [3.8, 4) is 0 Å². The molecule has 0 aliphatic carbocycles. The number of hydrogen-bond donors (Lipinski definition) is 1. The predicted octanol–water partition coefficient (Wildman–Crippen LogP) is 0.874. The summed E-state index contributed by atoms with van der Waals surface area (Å²) < 4.78 is 26.9. The van der Waals surface area contributed by atoms with Gasteiger partial charge in [0.05, 0.1) is 5.75 Å². The Kier molecular flexibility index (Phi) is 5.84. The lowest BCUT2D eigenvalue weighted by molar-refractivity contribution is 0.289. The summed E-state index contributed by atoms with van der Waals surface area (Å²) in [4.78, 5) is 2.23. The summed E-state index contributed by atoms with van der Waals surface area (Å²) in [7, 11) is -1.04. The molecule has 2 rings (SSSR count). The summed E-state index contributed by atoms with van der Waals surface area (Å²) in [5.41, 5.74) is 0. The average Bonchev–Trinajstić information content (AvgIpc) is 2.59. The lowest BCUT2D eigenvalue weighted by Crippen LogP contribution is -2.44. The van der Waals surface area contributed by atoms with Crippen molar-refractivity contribution in [1.82, 2.24) is 14.5 Å². The summed E-state index contributed by atoms with van der Waals surface area (Å²) in [6.45, 7) is 5.56. The Morgan fingerprint density at radius 1 is 1.20 bits per heavy atom. The van der Waals surface area contributed by atoms with Crippen LogP contribution in [-0.2, 0) is 10.0 Å². The zero-order valence-electron chi connectivity index (χ0n) is 12.8. The minimum Gasteiger partial charge on any atom is -0.314 e. The molecule has 0 aromatic heterocycles. The van der Waals surface area contributed by atoms with Gasteiger partial charge in [-0.3, -0.25) is 0 Å². The van der Waals surface area contributed by atoms with Crippen LogP contribution in [0, 0.1) is 0 Å². The molecular formula is C14H29N3O2S. The first-order valence-corrected chi connectivity index (χ1v) is 9.51. The molecule has 1 N–H and O–H groups in total. The van der Waals surface area contributed by atoms with E-state index in [1.165, 1.54) is 12.8 Å². The molecule has 20 heavy (non-hydrogen) atoms. The van der Waals surface area contributed by atoms with E-state index in [-0.39, 0.29) is 6.04 Å². The quantitative estimate of drug-likeness (QED) is 0.837. The van der Waals surface area contributed by atoms with Crippen LogP contribution in [0.3, 0.4) is 0 Å². The molecule has 0 amide bonds. The maximum absolute atomic E-state index is 12.6. The van der Waals surface area contributed by atoms with E-state index in [0.717, 1.165) is 38.9 Å². The molecule has 0 saturated carbocycles. The second-order valence-electron chi connectivity index (χ2n) is 6.33. The fraction of sp³-hybridized carbons (Fsp3) is 1.00. The molecule has 0 aromatic rings. The third kappa shape index (κ3) is 4.41. The summed E-state index contributed by atoms with van der Waals surface area (Å²) in [5.74, 6) is 0.290. The van der Waals surface area contributed by atoms with Crippen LogP contribution < -0.4 is 5.32 Å². The van der Waals surface area contributed by atoms with Crippen LogP contribution in [0.2, 0.25) is 0 Å². The Bertz CT molecular complexity index is 393. The Morgan fingerprint density at radius 3 is 2.70 bits per heavy atom. The van der Waals surface area contributed by atoms with Crippen LogP contribution in [-0.4, -0.2) is 68.7 Å². The number of nitrogens with zero attached hydrogens (tertiary/aromatic N) is 2. The number of nitrogens with one attached hydrogen (secondary N) is 1. The molecule has 118 valence electrons. The molecule has 2 atom stereocenters. The van der Waals surface area contributed by atoms with Gasteiger partial charge in [-0.2, -0.15) is 4.31 Å². The monoisotopic (exact) mass is 303 g/mol. The summed E-state index contributed by atoms with van der Waals surface area (Å²) in [6.07, 6.45) is 5.25. The first-order chi connectivity index (χ1) is 9.49. The van der Waals surface area contributed by atoms with E-state index in [9.17, 15) is 8.42 Å². The smallest absolute Gasteiger partial charge is 0.214 e. The van der Waals surface area contributed by atoms with Crippen LogP contribution in [0.5, 0.6) is 0 Å². The molecule has 2 aliphatic heterocycles. The zero-order chi connectivity index (χ0) is 14.6. The molecule has 0 aromatic carbocycles.